The highest BCUT2D eigenvalue weighted by atomic mass is 127. The molecule has 6 heteroatoms. The zero-order chi connectivity index (χ0) is 15.9. The maximum atomic E-state index is 4.88. The van der Waals surface area contributed by atoms with Crippen LogP contribution in [0.3, 0.4) is 0 Å². The molecule has 0 aliphatic rings. The Hall–Kier alpha value is -2.09. The van der Waals surface area contributed by atoms with E-state index in [1.54, 1.807) is 0 Å². The first-order valence-electron chi connectivity index (χ1n) is 7.47. The third kappa shape index (κ3) is 1.52. The second kappa shape index (κ2) is 4.25. The number of halogens is 1. The molecule has 0 aliphatic carbocycles. The van der Waals surface area contributed by atoms with Gasteiger partial charge in [0.2, 0.25) is 5.78 Å². The maximum absolute atomic E-state index is 4.88. The van der Waals surface area contributed by atoms with Gasteiger partial charge in [-0.15, -0.1) is 0 Å². The van der Waals surface area contributed by atoms with Gasteiger partial charge in [-0.3, -0.25) is 4.40 Å². The minimum atomic E-state index is 0.961. The minimum absolute atomic E-state index is 0.961. The molecule has 5 aromatic rings. The van der Waals surface area contributed by atoms with Crippen molar-refractivity contribution in [3.8, 4) is 0 Å². The second-order valence-corrected chi connectivity index (χ2v) is 7.03. The van der Waals surface area contributed by atoms with Crippen molar-refractivity contribution in [3.63, 3.8) is 0 Å². The number of benzene rings is 2. The maximum Gasteiger partial charge on any atom is 0.225 e. The van der Waals surface area contributed by atoms with Gasteiger partial charge in [0.25, 0.3) is 0 Å². The van der Waals surface area contributed by atoms with Crippen LogP contribution < -0.4 is 0 Å². The van der Waals surface area contributed by atoms with Gasteiger partial charge in [0, 0.05) is 12.6 Å². The number of aromatic nitrogens is 5. The van der Waals surface area contributed by atoms with Gasteiger partial charge in [0.15, 0.2) is 0 Å². The average Bonchev–Trinajstić information content (AvgIpc) is 3.15. The van der Waals surface area contributed by atoms with E-state index in [0.29, 0.717) is 0 Å². The summed E-state index contributed by atoms with van der Waals surface area (Å²) in [5.41, 5.74) is 9.21. The van der Waals surface area contributed by atoms with Crippen molar-refractivity contribution >= 4 is 61.7 Å². The number of para-hydroxylation sites is 1. The van der Waals surface area contributed by atoms with Crippen LogP contribution in [0, 0.1) is 13.8 Å². The summed E-state index contributed by atoms with van der Waals surface area (Å²) < 4.78 is 6.48. The summed E-state index contributed by atoms with van der Waals surface area (Å²) in [6, 6.07) is 8.50. The van der Waals surface area contributed by atoms with Crippen molar-refractivity contribution in [2.45, 2.75) is 13.8 Å². The van der Waals surface area contributed by atoms with Crippen molar-refractivity contribution in [2.24, 2.45) is 7.05 Å². The molecule has 3 heterocycles. The molecule has 5 nitrogen and oxygen atoms in total. The van der Waals surface area contributed by atoms with Gasteiger partial charge in [0.05, 0.1) is 62.3 Å². The van der Waals surface area contributed by atoms with Crippen LogP contribution in [0.1, 0.15) is 11.1 Å². The van der Waals surface area contributed by atoms with E-state index in [1.165, 1.54) is 22.2 Å². The summed E-state index contributed by atoms with van der Waals surface area (Å²) in [4.78, 5) is 9.43. The highest BCUT2D eigenvalue weighted by molar-refractivity contribution is 14.1. The molecular weight excluding hydrogens is 401 g/mol. The normalized spacial score (nSPS) is 12.3. The smallest absolute Gasteiger partial charge is 0.225 e. The summed E-state index contributed by atoms with van der Waals surface area (Å²) >= 11 is 2.35. The first-order valence-corrected chi connectivity index (χ1v) is 8.43. The van der Waals surface area contributed by atoms with Crippen LogP contribution in [0.25, 0.3) is 38.9 Å². The van der Waals surface area contributed by atoms with Gasteiger partial charge in [-0.1, -0.05) is 12.1 Å². The molecule has 0 fully saturated rings. The Balaban J connectivity index is 2.13. The SMILES string of the molecule is Cc1cccc2c1nc1n(I)c3c(C)c4c(cc3n21)ncn4C. The van der Waals surface area contributed by atoms with Gasteiger partial charge < -0.3 is 4.57 Å². The highest BCUT2D eigenvalue weighted by Gasteiger charge is 2.19. The fourth-order valence-corrected chi connectivity index (χ4v) is 4.56. The number of rotatable bonds is 0. The largest absolute Gasteiger partial charge is 0.333 e. The van der Waals surface area contributed by atoms with E-state index in [0.717, 1.165) is 27.8 Å². The van der Waals surface area contributed by atoms with Gasteiger partial charge >= 0.3 is 0 Å². The molecule has 114 valence electrons. The molecule has 0 saturated heterocycles. The fourth-order valence-electron chi connectivity index (χ4n) is 3.63. The van der Waals surface area contributed by atoms with E-state index in [2.05, 4.69) is 77.7 Å². The molecule has 0 unspecified atom stereocenters. The lowest BCUT2D eigenvalue weighted by Crippen LogP contribution is -1.91. The monoisotopic (exact) mass is 415 g/mol. The summed E-state index contributed by atoms with van der Waals surface area (Å²) in [7, 11) is 2.04. The Bertz CT molecular complexity index is 1250. The van der Waals surface area contributed by atoms with Crippen LogP contribution in [0.2, 0.25) is 0 Å². The van der Waals surface area contributed by atoms with E-state index in [9.17, 15) is 0 Å². The lowest BCUT2D eigenvalue weighted by molar-refractivity contribution is 0.944. The minimum Gasteiger partial charge on any atom is -0.333 e. The highest BCUT2D eigenvalue weighted by Crippen LogP contribution is 2.34. The number of nitrogens with zero attached hydrogens (tertiary/aromatic N) is 5. The zero-order valence-corrected chi connectivity index (χ0v) is 15.2. The van der Waals surface area contributed by atoms with Crippen molar-refractivity contribution in [1.82, 2.24) is 21.7 Å². The van der Waals surface area contributed by atoms with E-state index < -0.39 is 0 Å². The lowest BCUT2D eigenvalue weighted by atomic mass is 10.1. The van der Waals surface area contributed by atoms with Gasteiger partial charge in [-0.25, -0.2) is 12.7 Å². The summed E-state index contributed by atoms with van der Waals surface area (Å²) in [6.45, 7) is 4.27. The first kappa shape index (κ1) is 13.4. The Morgan fingerprint density at radius 2 is 1.91 bits per heavy atom. The Labute approximate surface area is 146 Å². The molecule has 0 saturated carbocycles. The average molecular weight is 415 g/mol. The van der Waals surface area contributed by atoms with E-state index in [1.807, 2.05) is 13.4 Å². The number of hydrogen-bond acceptors (Lipinski definition) is 2. The van der Waals surface area contributed by atoms with Crippen LogP contribution in [0.4, 0.5) is 0 Å². The number of imidazole rings is 3. The third-order valence-electron chi connectivity index (χ3n) is 4.67. The van der Waals surface area contributed by atoms with Crippen molar-refractivity contribution < 1.29 is 0 Å². The molecule has 3 aromatic heterocycles. The van der Waals surface area contributed by atoms with Crippen LogP contribution >= 0.6 is 22.9 Å². The Morgan fingerprint density at radius 3 is 2.74 bits per heavy atom. The molecule has 0 amide bonds. The third-order valence-corrected chi connectivity index (χ3v) is 5.59. The van der Waals surface area contributed by atoms with Crippen molar-refractivity contribution in [1.29, 1.82) is 0 Å². The number of aryl methyl sites for hydroxylation is 3. The van der Waals surface area contributed by atoms with Gasteiger partial charge in [-0.05, 0) is 31.5 Å². The molecule has 0 radical (unpaired) electrons. The van der Waals surface area contributed by atoms with Gasteiger partial charge in [-0.2, -0.15) is 0 Å². The van der Waals surface area contributed by atoms with Crippen molar-refractivity contribution in [3.05, 3.63) is 41.7 Å². The Kier molecular flexibility index (Phi) is 2.47. The molecule has 2 aromatic carbocycles. The predicted octanol–water partition coefficient (Wildman–Crippen LogP) is 4.14. The van der Waals surface area contributed by atoms with Crippen LogP contribution in [0.15, 0.2) is 30.6 Å². The van der Waals surface area contributed by atoms with E-state index >= 15 is 0 Å². The summed E-state index contributed by atoms with van der Waals surface area (Å²) in [5, 5.41) is 0. The van der Waals surface area contributed by atoms with Gasteiger partial charge in [0.1, 0.15) is 0 Å². The fraction of sp³-hybridized carbons (Fsp3) is 0.176. The summed E-state index contributed by atoms with van der Waals surface area (Å²) in [5.74, 6) is 0.961. The second-order valence-electron chi connectivity index (χ2n) is 6.06. The molecule has 5 rings (SSSR count). The van der Waals surface area contributed by atoms with Crippen molar-refractivity contribution in [2.75, 3.05) is 0 Å². The summed E-state index contributed by atoms with van der Waals surface area (Å²) in [6.07, 6.45) is 1.88. The standard InChI is InChI=1S/C17H14IN5/c1-9-5-4-6-12-14(9)20-17-22(12)13-7-11-15(21(3)8-19-11)10(2)16(13)23(17)18/h4-8H,1-3H3. The van der Waals surface area contributed by atoms with Crippen LogP contribution in [0.5, 0.6) is 0 Å². The molecule has 0 N–H and O–H groups in total. The quantitative estimate of drug-likeness (QED) is 0.357. The van der Waals surface area contributed by atoms with E-state index in [4.69, 9.17) is 4.98 Å². The molecule has 0 spiro atoms. The number of hydrogen-bond donors (Lipinski definition) is 0. The topological polar surface area (TPSA) is 40.1 Å². The first-order chi connectivity index (χ1) is 11.1. The van der Waals surface area contributed by atoms with E-state index in [-0.39, 0.29) is 0 Å². The van der Waals surface area contributed by atoms with Crippen LogP contribution in [-0.2, 0) is 7.05 Å². The number of fused-ring (bicyclic) bond motifs is 6. The molecule has 0 aliphatic heterocycles. The lowest BCUT2D eigenvalue weighted by Gasteiger charge is -2.04. The molecular formula is C17H14IN5. The van der Waals surface area contributed by atoms with Crippen LogP contribution in [-0.4, -0.2) is 21.7 Å². The Morgan fingerprint density at radius 1 is 1.09 bits per heavy atom. The molecule has 0 bridgehead atoms. The predicted molar refractivity (Wildman–Crippen MR) is 101 cm³/mol. The molecule has 0 atom stereocenters. The zero-order valence-electron chi connectivity index (χ0n) is 13.0. The molecule has 23 heavy (non-hydrogen) atoms.